The van der Waals surface area contributed by atoms with Crippen molar-refractivity contribution in [2.45, 2.75) is 50.4 Å². The first-order valence-electron chi connectivity index (χ1n) is 10.5. The zero-order chi connectivity index (χ0) is 26.2. The van der Waals surface area contributed by atoms with Crippen molar-refractivity contribution < 1.29 is 49.4 Å². The van der Waals surface area contributed by atoms with E-state index in [1.54, 1.807) is 0 Å². The quantitative estimate of drug-likeness (QED) is 0.431. The van der Waals surface area contributed by atoms with Crippen LogP contribution in [-0.2, 0) is 29.9 Å². The largest absolute Gasteiger partial charge is 0.481 e. The molecule has 0 bridgehead atoms. The molecule has 35 heavy (non-hydrogen) atoms. The molecule has 0 radical (unpaired) electrons. The number of piperidine rings is 1. The molecule has 1 heterocycles. The summed E-state index contributed by atoms with van der Waals surface area (Å²) in [5.74, 6) is -1.46. The predicted octanol–water partition coefficient (Wildman–Crippen LogP) is 7.17. The number of benzene rings is 2. The van der Waals surface area contributed by atoms with Crippen LogP contribution >= 0.6 is 0 Å². The second-order valence-electron chi connectivity index (χ2n) is 8.46. The van der Waals surface area contributed by atoms with E-state index in [1.807, 2.05) is 0 Å². The van der Waals surface area contributed by atoms with Gasteiger partial charge in [-0.2, -0.15) is 39.5 Å². The molecule has 2 aromatic carbocycles. The SMILES string of the molecule is O=C(O)CC1CCN(Cc2ccc(C(F)(F)F)cc2C(F)(F)F)C(c2ccc(C(F)(F)F)cc2)C1. The Morgan fingerprint density at radius 1 is 0.857 bits per heavy atom. The highest BCUT2D eigenvalue weighted by molar-refractivity contribution is 5.67. The number of rotatable bonds is 5. The van der Waals surface area contributed by atoms with E-state index in [4.69, 9.17) is 5.11 Å². The van der Waals surface area contributed by atoms with Crippen molar-refractivity contribution in [3.63, 3.8) is 0 Å². The first-order valence-corrected chi connectivity index (χ1v) is 10.5. The molecule has 2 unspecified atom stereocenters. The molecule has 12 heteroatoms. The molecule has 0 saturated carbocycles. The van der Waals surface area contributed by atoms with Crippen molar-refractivity contribution in [3.05, 3.63) is 70.3 Å². The number of aliphatic carboxylic acids is 1. The lowest BCUT2D eigenvalue weighted by atomic mass is 9.84. The summed E-state index contributed by atoms with van der Waals surface area (Å²) in [6, 6.07) is 4.63. The predicted molar refractivity (Wildman–Crippen MR) is 106 cm³/mol. The highest BCUT2D eigenvalue weighted by Crippen LogP contribution is 2.41. The Kier molecular flexibility index (Phi) is 7.45. The minimum atomic E-state index is -5.07. The van der Waals surface area contributed by atoms with Crippen molar-refractivity contribution in [1.29, 1.82) is 0 Å². The van der Waals surface area contributed by atoms with E-state index in [0.717, 1.165) is 18.2 Å². The van der Waals surface area contributed by atoms with Crippen LogP contribution in [-0.4, -0.2) is 22.5 Å². The summed E-state index contributed by atoms with van der Waals surface area (Å²) in [4.78, 5) is 12.7. The van der Waals surface area contributed by atoms with Crippen LogP contribution in [0.3, 0.4) is 0 Å². The second kappa shape index (κ2) is 9.71. The number of carboxylic acids is 1. The molecule has 1 saturated heterocycles. The fourth-order valence-electron chi connectivity index (χ4n) is 4.32. The van der Waals surface area contributed by atoms with Gasteiger partial charge < -0.3 is 5.11 Å². The monoisotopic (exact) mass is 513 g/mol. The molecule has 1 N–H and O–H groups in total. The van der Waals surface area contributed by atoms with Crippen LogP contribution in [0.15, 0.2) is 42.5 Å². The first kappa shape index (κ1) is 26.8. The molecule has 2 atom stereocenters. The van der Waals surface area contributed by atoms with E-state index in [2.05, 4.69) is 0 Å². The van der Waals surface area contributed by atoms with Crippen LogP contribution in [0.5, 0.6) is 0 Å². The third-order valence-corrected chi connectivity index (χ3v) is 6.02. The topological polar surface area (TPSA) is 40.5 Å². The average Bonchev–Trinajstić information content (AvgIpc) is 2.72. The van der Waals surface area contributed by atoms with Gasteiger partial charge in [-0.05, 0) is 60.7 Å². The maximum absolute atomic E-state index is 13.6. The van der Waals surface area contributed by atoms with Gasteiger partial charge in [0.2, 0.25) is 0 Å². The summed E-state index contributed by atoms with van der Waals surface area (Å²) in [5, 5.41) is 9.11. The summed E-state index contributed by atoms with van der Waals surface area (Å²) in [7, 11) is 0. The smallest absolute Gasteiger partial charge is 0.416 e. The Morgan fingerprint density at radius 2 is 1.43 bits per heavy atom. The van der Waals surface area contributed by atoms with Gasteiger partial charge in [-0.1, -0.05) is 18.2 Å². The van der Waals surface area contributed by atoms with E-state index in [0.29, 0.717) is 18.1 Å². The number of carboxylic acid groups (broad SMARTS) is 1. The van der Waals surface area contributed by atoms with Gasteiger partial charge >= 0.3 is 24.5 Å². The fraction of sp³-hybridized carbons (Fsp3) is 0.435. The molecule has 1 fully saturated rings. The average molecular weight is 513 g/mol. The molecule has 3 nitrogen and oxygen atoms in total. The van der Waals surface area contributed by atoms with Crippen LogP contribution in [0.4, 0.5) is 39.5 Å². The van der Waals surface area contributed by atoms with E-state index in [-0.39, 0.29) is 31.4 Å². The summed E-state index contributed by atoms with van der Waals surface area (Å²) >= 11 is 0. The van der Waals surface area contributed by atoms with Gasteiger partial charge in [0, 0.05) is 19.0 Å². The highest BCUT2D eigenvalue weighted by Gasteiger charge is 2.39. The molecule has 2 aromatic rings. The Balaban J connectivity index is 1.96. The molecule has 0 aliphatic carbocycles. The molecule has 1 aliphatic heterocycles. The Labute approximate surface area is 194 Å². The lowest BCUT2D eigenvalue weighted by Crippen LogP contribution is -2.37. The number of hydrogen-bond acceptors (Lipinski definition) is 2. The summed E-state index contributed by atoms with van der Waals surface area (Å²) < 4.78 is 119. The Morgan fingerprint density at radius 3 is 1.94 bits per heavy atom. The van der Waals surface area contributed by atoms with Gasteiger partial charge in [-0.3, -0.25) is 9.69 Å². The number of alkyl halides is 9. The molecule has 0 aromatic heterocycles. The minimum absolute atomic E-state index is 0.0413. The number of halogens is 9. The van der Waals surface area contributed by atoms with Crippen molar-refractivity contribution in [2.24, 2.45) is 5.92 Å². The molecule has 3 rings (SSSR count). The van der Waals surface area contributed by atoms with Gasteiger partial charge in [-0.25, -0.2) is 0 Å². The second-order valence-corrected chi connectivity index (χ2v) is 8.46. The lowest BCUT2D eigenvalue weighted by molar-refractivity contribution is -0.144. The number of likely N-dealkylation sites (tertiary alicyclic amines) is 1. The number of nitrogens with zero attached hydrogens (tertiary/aromatic N) is 1. The number of hydrogen-bond donors (Lipinski definition) is 1. The van der Waals surface area contributed by atoms with Crippen LogP contribution in [0.2, 0.25) is 0 Å². The maximum Gasteiger partial charge on any atom is 0.416 e. The molecular formula is C23H20F9NO2. The zero-order valence-corrected chi connectivity index (χ0v) is 17.9. The van der Waals surface area contributed by atoms with Crippen molar-refractivity contribution in [1.82, 2.24) is 4.90 Å². The standard InChI is InChI=1S/C23H20F9NO2/c24-21(25,26)16-4-1-14(2-5-16)19-9-13(10-20(34)35)7-8-33(19)12-15-3-6-17(22(27,28)29)11-18(15)23(30,31)32/h1-6,11,13,19H,7-10,12H2,(H,34,35). The molecule has 0 spiro atoms. The van der Waals surface area contributed by atoms with Gasteiger partial charge in [-0.15, -0.1) is 0 Å². The normalized spacial score (nSPS) is 20.1. The van der Waals surface area contributed by atoms with Crippen molar-refractivity contribution in [2.75, 3.05) is 6.54 Å². The first-order chi connectivity index (χ1) is 16.1. The molecule has 1 aliphatic rings. The van der Waals surface area contributed by atoms with E-state index in [1.165, 1.54) is 17.0 Å². The molecule has 192 valence electrons. The highest BCUT2D eigenvalue weighted by atomic mass is 19.4. The minimum Gasteiger partial charge on any atom is -0.481 e. The summed E-state index contributed by atoms with van der Waals surface area (Å²) in [5.41, 5.74) is -3.90. The fourth-order valence-corrected chi connectivity index (χ4v) is 4.32. The molecular weight excluding hydrogens is 493 g/mol. The van der Waals surface area contributed by atoms with Gasteiger partial charge in [0.05, 0.1) is 16.7 Å². The van der Waals surface area contributed by atoms with Gasteiger partial charge in [0.15, 0.2) is 0 Å². The van der Waals surface area contributed by atoms with E-state index < -0.39 is 59.3 Å². The summed E-state index contributed by atoms with van der Waals surface area (Å²) in [6.07, 6.45) is -14.4. The third kappa shape index (κ3) is 6.68. The van der Waals surface area contributed by atoms with Gasteiger partial charge in [0.25, 0.3) is 0 Å². The molecule has 0 amide bonds. The third-order valence-electron chi connectivity index (χ3n) is 6.02. The zero-order valence-electron chi connectivity index (χ0n) is 17.9. The van der Waals surface area contributed by atoms with Crippen LogP contribution in [0, 0.1) is 5.92 Å². The van der Waals surface area contributed by atoms with Crippen LogP contribution < -0.4 is 0 Å². The lowest BCUT2D eigenvalue weighted by Gasteiger charge is -2.40. The van der Waals surface area contributed by atoms with Gasteiger partial charge in [0.1, 0.15) is 0 Å². The van der Waals surface area contributed by atoms with E-state index >= 15 is 0 Å². The Bertz CT molecular complexity index is 1040. The maximum atomic E-state index is 13.6. The number of carbonyl (C=O) groups is 1. The van der Waals surface area contributed by atoms with Crippen LogP contribution in [0.25, 0.3) is 0 Å². The van der Waals surface area contributed by atoms with Crippen molar-refractivity contribution in [3.8, 4) is 0 Å². The van der Waals surface area contributed by atoms with Crippen molar-refractivity contribution >= 4 is 5.97 Å². The van der Waals surface area contributed by atoms with Crippen LogP contribution in [0.1, 0.15) is 53.1 Å². The Hall–Kier alpha value is -2.76. The van der Waals surface area contributed by atoms with E-state index in [9.17, 15) is 44.3 Å². The summed E-state index contributed by atoms with van der Waals surface area (Å²) in [6.45, 7) is -0.305.